The Labute approximate surface area is 189 Å². The van der Waals surface area contributed by atoms with Crippen LogP contribution in [0, 0.1) is 13.8 Å². The first-order valence-corrected chi connectivity index (χ1v) is 11.0. The van der Waals surface area contributed by atoms with Crippen molar-refractivity contribution >= 4 is 39.3 Å². The molecule has 1 fully saturated rings. The van der Waals surface area contributed by atoms with Gasteiger partial charge in [0.25, 0.3) is 5.91 Å². The summed E-state index contributed by atoms with van der Waals surface area (Å²) in [5, 5.41) is 9.35. The highest BCUT2D eigenvalue weighted by atomic mass is 79.9. The average Bonchev–Trinajstić information content (AvgIpc) is 2.75. The molecule has 1 aliphatic rings. The lowest BCUT2D eigenvalue weighted by atomic mass is 10.0. The Morgan fingerprint density at radius 3 is 2.40 bits per heavy atom. The lowest BCUT2D eigenvalue weighted by Gasteiger charge is -2.35. The van der Waals surface area contributed by atoms with Gasteiger partial charge in [0.2, 0.25) is 0 Å². The Hall–Kier alpha value is -2.44. The number of hydrogen-bond donors (Lipinski definition) is 0. The summed E-state index contributed by atoms with van der Waals surface area (Å²) in [5.41, 5.74) is 4.92. The fourth-order valence-corrected chi connectivity index (χ4v) is 4.27. The van der Waals surface area contributed by atoms with Crippen LogP contribution in [0.1, 0.15) is 21.5 Å². The molecule has 5 nitrogen and oxygen atoms in total. The van der Waals surface area contributed by atoms with Crippen LogP contribution in [0.25, 0.3) is 11.3 Å². The first-order valence-electron chi connectivity index (χ1n) is 9.83. The van der Waals surface area contributed by atoms with E-state index >= 15 is 0 Å². The number of aromatic nitrogens is 2. The lowest BCUT2D eigenvalue weighted by molar-refractivity contribution is 0.0746. The van der Waals surface area contributed by atoms with Gasteiger partial charge < -0.3 is 9.80 Å². The maximum Gasteiger partial charge on any atom is 0.255 e. The van der Waals surface area contributed by atoms with Crippen molar-refractivity contribution in [3.63, 3.8) is 0 Å². The maximum absolute atomic E-state index is 12.8. The summed E-state index contributed by atoms with van der Waals surface area (Å²) in [6.45, 7) is 6.81. The number of hydrogen-bond acceptors (Lipinski definition) is 4. The third kappa shape index (κ3) is 4.35. The quantitative estimate of drug-likeness (QED) is 0.515. The number of carbonyl (C=O) groups excluding carboxylic acids is 1. The van der Waals surface area contributed by atoms with E-state index in [1.165, 1.54) is 11.1 Å². The fourth-order valence-electron chi connectivity index (χ4n) is 3.71. The normalized spacial score (nSPS) is 14.1. The fraction of sp³-hybridized carbons (Fsp3) is 0.261. The van der Waals surface area contributed by atoms with Gasteiger partial charge in [-0.15, -0.1) is 10.2 Å². The molecule has 0 unspecified atom stereocenters. The largest absolute Gasteiger partial charge is 0.352 e. The molecule has 7 heteroatoms. The molecule has 0 saturated carbocycles. The summed E-state index contributed by atoms with van der Waals surface area (Å²) in [4.78, 5) is 16.8. The Morgan fingerprint density at radius 2 is 1.73 bits per heavy atom. The van der Waals surface area contributed by atoms with Crippen molar-refractivity contribution in [2.75, 3.05) is 31.1 Å². The number of benzene rings is 2. The predicted octanol–water partition coefficient (Wildman–Crippen LogP) is 5.14. The van der Waals surface area contributed by atoms with Crippen LogP contribution in [0.2, 0.25) is 5.02 Å². The lowest BCUT2D eigenvalue weighted by Crippen LogP contribution is -2.49. The summed E-state index contributed by atoms with van der Waals surface area (Å²) >= 11 is 9.63. The molecular weight excluding hydrogens is 464 g/mol. The van der Waals surface area contributed by atoms with E-state index in [0.29, 0.717) is 36.8 Å². The van der Waals surface area contributed by atoms with Gasteiger partial charge in [0.15, 0.2) is 5.82 Å². The Kier molecular flexibility index (Phi) is 6.06. The van der Waals surface area contributed by atoms with Gasteiger partial charge in [0, 0.05) is 36.2 Å². The summed E-state index contributed by atoms with van der Waals surface area (Å²) in [5.74, 6) is 0.785. The number of aryl methyl sites for hydroxylation is 2. The zero-order chi connectivity index (χ0) is 21.3. The number of rotatable bonds is 3. The van der Waals surface area contributed by atoms with Gasteiger partial charge in [-0.3, -0.25) is 4.79 Å². The number of piperazine rings is 1. The van der Waals surface area contributed by atoms with Gasteiger partial charge in [0.1, 0.15) is 0 Å². The van der Waals surface area contributed by atoms with Crippen LogP contribution in [0.5, 0.6) is 0 Å². The van der Waals surface area contributed by atoms with Gasteiger partial charge in [-0.2, -0.15) is 0 Å². The zero-order valence-corrected chi connectivity index (χ0v) is 19.2. The molecule has 0 bridgehead atoms. The molecule has 30 heavy (non-hydrogen) atoms. The molecule has 154 valence electrons. The van der Waals surface area contributed by atoms with Crippen LogP contribution >= 0.6 is 27.5 Å². The van der Waals surface area contributed by atoms with Crippen molar-refractivity contribution < 1.29 is 4.79 Å². The SMILES string of the molecule is Cc1ccc(-c2ccc(N3CCN(C(=O)c4cc(Br)ccc4Cl)CC3)nn2)c(C)c1. The third-order valence-corrected chi connectivity index (χ3v) is 6.18. The first kappa shape index (κ1) is 20.8. The molecular formula is C23H22BrClN4O. The Bertz CT molecular complexity index is 1080. The number of anilines is 1. The molecule has 2 aromatic carbocycles. The molecule has 1 saturated heterocycles. The molecule has 0 N–H and O–H groups in total. The highest BCUT2D eigenvalue weighted by Crippen LogP contribution is 2.25. The highest BCUT2D eigenvalue weighted by Gasteiger charge is 2.24. The van der Waals surface area contributed by atoms with E-state index in [4.69, 9.17) is 11.6 Å². The third-order valence-electron chi connectivity index (χ3n) is 5.36. The topological polar surface area (TPSA) is 49.3 Å². The summed E-state index contributed by atoms with van der Waals surface area (Å²) in [7, 11) is 0. The average molecular weight is 486 g/mol. The number of amides is 1. The molecule has 1 aliphatic heterocycles. The smallest absolute Gasteiger partial charge is 0.255 e. The Balaban J connectivity index is 1.43. The minimum absolute atomic E-state index is 0.0442. The van der Waals surface area contributed by atoms with Crippen LogP contribution in [-0.2, 0) is 0 Å². The van der Waals surface area contributed by atoms with Gasteiger partial charge >= 0.3 is 0 Å². The zero-order valence-electron chi connectivity index (χ0n) is 16.9. The van der Waals surface area contributed by atoms with Crippen molar-refractivity contribution in [3.8, 4) is 11.3 Å². The van der Waals surface area contributed by atoms with E-state index in [0.717, 1.165) is 21.5 Å². The van der Waals surface area contributed by atoms with E-state index in [-0.39, 0.29) is 5.91 Å². The summed E-state index contributed by atoms with van der Waals surface area (Å²) in [6, 6.07) is 15.7. The van der Waals surface area contributed by atoms with Crippen molar-refractivity contribution in [3.05, 3.63) is 74.7 Å². The summed E-state index contributed by atoms with van der Waals surface area (Å²) < 4.78 is 0.841. The predicted molar refractivity (Wildman–Crippen MR) is 124 cm³/mol. The van der Waals surface area contributed by atoms with Gasteiger partial charge in [-0.05, 0) is 49.7 Å². The molecule has 1 amide bonds. The van der Waals surface area contributed by atoms with E-state index in [1.54, 1.807) is 12.1 Å². The van der Waals surface area contributed by atoms with Gasteiger partial charge in [-0.1, -0.05) is 51.3 Å². The van der Waals surface area contributed by atoms with Crippen LogP contribution < -0.4 is 4.90 Å². The summed E-state index contributed by atoms with van der Waals surface area (Å²) in [6.07, 6.45) is 0. The van der Waals surface area contributed by atoms with Crippen molar-refractivity contribution in [2.45, 2.75) is 13.8 Å². The molecule has 4 rings (SSSR count). The van der Waals surface area contributed by atoms with E-state index in [1.807, 2.05) is 23.1 Å². The second-order valence-electron chi connectivity index (χ2n) is 7.50. The number of halogens is 2. The Morgan fingerprint density at radius 1 is 0.967 bits per heavy atom. The van der Waals surface area contributed by atoms with Crippen LogP contribution in [0.15, 0.2) is 53.0 Å². The van der Waals surface area contributed by atoms with Crippen molar-refractivity contribution in [1.82, 2.24) is 15.1 Å². The number of nitrogens with zero attached hydrogens (tertiary/aromatic N) is 4. The van der Waals surface area contributed by atoms with Crippen LogP contribution in [-0.4, -0.2) is 47.2 Å². The first-order chi connectivity index (χ1) is 14.4. The van der Waals surface area contributed by atoms with E-state index < -0.39 is 0 Å². The molecule has 2 heterocycles. The van der Waals surface area contributed by atoms with Crippen LogP contribution in [0.4, 0.5) is 5.82 Å². The van der Waals surface area contributed by atoms with Crippen molar-refractivity contribution in [1.29, 1.82) is 0 Å². The second-order valence-corrected chi connectivity index (χ2v) is 8.82. The minimum atomic E-state index is -0.0442. The molecule has 3 aromatic rings. The molecule has 0 spiro atoms. The molecule has 0 radical (unpaired) electrons. The van der Waals surface area contributed by atoms with Gasteiger partial charge in [-0.25, -0.2) is 0 Å². The van der Waals surface area contributed by atoms with E-state index in [9.17, 15) is 4.79 Å². The molecule has 0 atom stereocenters. The molecule has 1 aromatic heterocycles. The number of carbonyl (C=O) groups is 1. The monoisotopic (exact) mass is 484 g/mol. The van der Waals surface area contributed by atoms with Crippen LogP contribution in [0.3, 0.4) is 0 Å². The van der Waals surface area contributed by atoms with E-state index in [2.05, 4.69) is 63.1 Å². The van der Waals surface area contributed by atoms with Crippen molar-refractivity contribution in [2.24, 2.45) is 0 Å². The second kappa shape index (κ2) is 8.74. The maximum atomic E-state index is 12.8. The standard InChI is InChI=1S/C23H22BrClN4O/c1-15-3-5-18(16(2)13-15)21-7-8-22(27-26-21)28-9-11-29(12-10-28)23(30)19-14-17(24)4-6-20(19)25/h3-8,13-14H,9-12H2,1-2H3. The minimum Gasteiger partial charge on any atom is -0.352 e. The van der Waals surface area contributed by atoms with Gasteiger partial charge in [0.05, 0.1) is 16.3 Å². The molecule has 0 aliphatic carbocycles. The highest BCUT2D eigenvalue weighted by molar-refractivity contribution is 9.10.